The molecule has 1 rings (SSSR count). The van der Waals surface area contributed by atoms with Crippen molar-refractivity contribution in [3.8, 4) is 0 Å². The standard InChI is InChI=1S/C13H23NO4/c1-4-14(9-10(2)12(16)17)11(15)8-13(18-3)6-5-7-13/h10H,4-9H2,1-3H3,(H,16,17). The fourth-order valence-electron chi connectivity index (χ4n) is 2.23. The fourth-order valence-corrected chi connectivity index (χ4v) is 2.23. The van der Waals surface area contributed by atoms with E-state index in [-0.39, 0.29) is 18.1 Å². The molecule has 0 aromatic heterocycles. The maximum Gasteiger partial charge on any atom is 0.308 e. The van der Waals surface area contributed by atoms with E-state index < -0.39 is 11.9 Å². The lowest BCUT2D eigenvalue weighted by molar-refractivity contribution is -0.147. The van der Waals surface area contributed by atoms with Crippen LogP contribution in [0.1, 0.15) is 39.5 Å². The smallest absolute Gasteiger partial charge is 0.308 e. The largest absolute Gasteiger partial charge is 0.481 e. The zero-order valence-electron chi connectivity index (χ0n) is 11.4. The van der Waals surface area contributed by atoms with Crippen molar-refractivity contribution in [3.05, 3.63) is 0 Å². The van der Waals surface area contributed by atoms with E-state index in [4.69, 9.17) is 9.84 Å². The van der Waals surface area contributed by atoms with E-state index in [0.29, 0.717) is 13.0 Å². The fraction of sp³-hybridized carbons (Fsp3) is 0.846. The van der Waals surface area contributed by atoms with Crippen molar-refractivity contribution in [2.45, 2.75) is 45.1 Å². The average molecular weight is 257 g/mol. The van der Waals surface area contributed by atoms with Gasteiger partial charge in [0.15, 0.2) is 0 Å². The summed E-state index contributed by atoms with van der Waals surface area (Å²) in [6.45, 7) is 4.29. The molecule has 1 unspecified atom stereocenters. The minimum absolute atomic E-state index is 0.00727. The maximum atomic E-state index is 12.2. The Kier molecular flexibility index (Phi) is 5.14. The van der Waals surface area contributed by atoms with Crippen molar-refractivity contribution >= 4 is 11.9 Å². The quantitative estimate of drug-likeness (QED) is 0.751. The summed E-state index contributed by atoms with van der Waals surface area (Å²) in [4.78, 5) is 24.6. The Morgan fingerprint density at radius 2 is 2.06 bits per heavy atom. The molecular weight excluding hydrogens is 234 g/mol. The third-order valence-electron chi connectivity index (χ3n) is 3.82. The van der Waals surface area contributed by atoms with E-state index >= 15 is 0 Å². The number of carboxylic acids is 1. The molecule has 0 heterocycles. The number of ether oxygens (including phenoxy) is 1. The van der Waals surface area contributed by atoms with E-state index in [2.05, 4.69) is 0 Å². The Morgan fingerprint density at radius 3 is 2.39 bits per heavy atom. The van der Waals surface area contributed by atoms with Gasteiger partial charge in [-0.15, -0.1) is 0 Å². The number of hydrogen-bond acceptors (Lipinski definition) is 3. The highest BCUT2D eigenvalue weighted by Crippen LogP contribution is 2.38. The van der Waals surface area contributed by atoms with Gasteiger partial charge in [-0.2, -0.15) is 0 Å². The summed E-state index contributed by atoms with van der Waals surface area (Å²) in [5.74, 6) is -1.41. The molecule has 0 aromatic carbocycles. The average Bonchev–Trinajstić information content (AvgIpc) is 2.29. The van der Waals surface area contributed by atoms with Gasteiger partial charge in [-0.05, 0) is 26.2 Å². The summed E-state index contributed by atoms with van der Waals surface area (Å²) in [6.07, 6.45) is 3.30. The van der Waals surface area contributed by atoms with Gasteiger partial charge in [0.25, 0.3) is 0 Å². The van der Waals surface area contributed by atoms with Crippen LogP contribution in [0.25, 0.3) is 0 Å². The van der Waals surface area contributed by atoms with Crippen LogP contribution in [0.3, 0.4) is 0 Å². The van der Waals surface area contributed by atoms with Gasteiger partial charge in [0.05, 0.1) is 17.9 Å². The topological polar surface area (TPSA) is 66.8 Å². The lowest BCUT2D eigenvalue weighted by atomic mass is 9.77. The first-order valence-electron chi connectivity index (χ1n) is 6.50. The van der Waals surface area contributed by atoms with Crippen LogP contribution in [-0.4, -0.2) is 47.7 Å². The Morgan fingerprint density at radius 1 is 1.44 bits per heavy atom. The number of amides is 1. The number of methoxy groups -OCH3 is 1. The summed E-state index contributed by atoms with van der Waals surface area (Å²) in [5.41, 5.74) is -0.295. The molecule has 0 bridgehead atoms. The lowest BCUT2D eigenvalue weighted by Crippen LogP contribution is -2.46. The number of rotatable bonds is 7. The molecule has 1 N–H and O–H groups in total. The molecule has 1 amide bonds. The molecule has 104 valence electrons. The highest BCUT2D eigenvalue weighted by Gasteiger charge is 2.40. The molecule has 18 heavy (non-hydrogen) atoms. The van der Waals surface area contributed by atoms with Crippen LogP contribution in [0.15, 0.2) is 0 Å². The maximum absolute atomic E-state index is 12.2. The summed E-state index contributed by atoms with van der Waals surface area (Å²) >= 11 is 0. The van der Waals surface area contributed by atoms with E-state index in [1.807, 2.05) is 6.92 Å². The molecule has 0 saturated heterocycles. The molecule has 0 aliphatic heterocycles. The van der Waals surface area contributed by atoms with Crippen LogP contribution in [0.4, 0.5) is 0 Å². The molecule has 0 aromatic rings. The van der Waals surface area contributed by atoms with Crippen LogP contribution in [0.2, 0.25) is 0 Å². The van der Waals surface area contributed by atoms with Crippen molar-refractivity contribution in [2.75, 3.05) is 20.2 Å². The van der Waals surface area contributed by atoms with Crippen LogP contribution < -0.4 is 0 Å². The lowest BCUT2D eigenvalue weighted by Gasteiger charge is -2.41. The van der Waals surface area contributed by atoms with Gasteiger partial charge >= 0.3 is 5.97 Å². The summed E-state index contributed by atoms with van der Waals surface area (Å²) in [7, 11) is 1.64. The van der Waals surface area contributed by atoms with Gasteiger partial charge in [-0.25, -0.2) is 0 Å². The molecule has 0 spiro atoms. The first-order chi connectivity index (χ1) is 8.44. The van der Waals surface area contributed by atoms with Crippen molar-refractivity contribution in [1.82, 2.24) is 4.90 Å². The van der Waals surface area contributed by atoms with E-state index in [1.165, 1.54) is 0 Å². The van der Waals surface area contributed by atoms with Crippen LogP contribution in [0.5, 0.6) is 0 Å². The van der Waals surface area contributed by atoms with Crippen LogP contribution in [-0.2, 0) is 14.3 Å². The summed E-state index contributed by atoms with van der Waals surface area (Å²) in [6, 6.07) is 0. The van der Waals surface area contributed by atoms with Crippen molar-refractivity contribution in [3.63, 3.8) is 0 Å². The van der Waals surface area contributed by atoms with Crippen molar-refractivity contribution in [1.29, 1.82) is 0 Å². The summed E-state index contributed by atoms with van der Waals surface area (Å²) in [5, 5.41) is 8.88. The molecule has 1 aliphatic rings. The molecule has 5 heteroatoms. The second kappa shape index (κ2) is 6.18. The third-order valence-corrected chi connectivity index (χ3v) is 3.82. The monoisotopic (exact) mass is 257 g/mol. The second-order valence-electron chi connectivity index (χ2n) is 5.09. The molecule has 5 nitrogen and oxygen atoms in total. The highest BCUT2D eigenvalue weighted by molar-refractivity contribution is 5.78. The molecule has 1 atom stereocenters. The number of hydrogen-bond donors (Lipinski definition) is 1. The normalized spacial score (nSPS) is 18.8. The number of carboxylic acid groups (broad SMARTS) is 1. The molecule has 1 saturated carbocycles. The molecule has 1 fully saturated rings. The molecule has 1 aliphatic carbocycles. The van der Waals surface area contributed by atoms with Crippen LogP contribution in [0, 0.1) is 5.92 Å². The van der Waals surface area contributed by atoms with Gasteiger partial charge in [0.2, 0.25) is 5.91 Å². The minimum atomic E-state index is -0.869. The van der Waals surface area contributed by atoms with E-state index in [0.717, 1.165) is 19.3 Å². The Bertz CT molecular complexity index is 307. The molecular formula is C13H23NO4. The van der Waals surface area contributed by atoms with E-state index in [9.17, 15) is 9.59 Å². The number of aliphatic carboxylic acids is 1. The number of carbonyl (C=O) groups is 2. The first-order valence-corrected chi connectivity index (χ1v) is 6.50. The highest BCUT2D eigenvalue weighted by atomic mass is 16.5. The van der Waals surface area contributed by atoms with Crippen LogP contribution >= 0.6 is 0 Å². The molecule has 0 radical (unpaired) electrons. The van der Waals surface area contributed by atoms with Crippen molar-refractivity contribution in [2.24, 2.45) is 5.92 Å². The number of nitrogens with zero attached hydrogens (tertiary/aromatic N) is 1. The first kappa shape index (κ1) is 15.0. The van der Waals surface area contributed by atoms with Gasteiger partial charge in [-0.3, -0.25) is 9.59 Å². The third kappa shape index (κ3) is 3.45. The van der Waals surface area contributed by atoms with Crippen molar-refractivity contribution < 1.29 is 19.4 Å². The van der Waals surface area contributed by atoms with Gasteiger partial charge in [0.1, 0.15) is 0 Å². The summed E-state index contributed by atoms with van der Waals surface area (Å²) < 4.78 is 5.43. The Balaban J connectivity index is 2.54. The SMILES string of the molecule is CCN(CC(C)C(=O)O)C(=O)CC1(OC)CCC1. The van der Waals surface area contributed by atoms with E-state index in [1.54, 1.807) is 18.9 Å². The minimum Gasteiger partial charge on any atom is -0.481 e. The predicted molar refractivity (Wildman–Crippen MR) is 67.3 cm³/mol. The zero-order valence-corrected chi connectivity index (χ0v) is 11.4. The second-order valence-corrected chi connectivity index (χ2v) is 5.09. The Hall–Kier alpha value is -1.10. The predicted octanol–water partition coefficient (Wildman–Crippen LogP) is 1.51. The van der Waals surface area contributed by atoms with Gasteiger partial charge < -0.3 is 14.7 Å². The number of carbonyl (C=O) groups excluding carboxylic acids is 1. The Labute approximate surface area is 108 Å². The zero-order chi connectivity index (χ0) is 13.8. The van der Waals surface area contributed by atoms with Gasteiger partial charge in [-0.1, -0.05) is 6.92 Å². The van der Waals surface area contributed by atoms with Gasteiger partial charge in [0, 0.05) is 20.2 Å².